The first-order valence-electron chi connectivity index (χ1n) is 12.2. The first-order chi connectivity index (χ1) is 17.8. The maximum Gasteiger partial charge on any atom is 0.143 e. The molecule has 0 atom stereocenters. The number of para-hydroxylation sites is 1. The molecular formula is C34H23NO. The molecule has 36 heavy (non-hydrogen) atoms. The third-order valence-corrected chi connectivity index (χ3v) is 6.85. The van der Waals surface area contributed by atoms with Crippen LogP contribution in [0.5, 0.6) is 0 Å². The average Bonchev–Trinajstić information content (AvgIpc) is 3.33. The SMILES string of the molecule is c1ccc(-c2cccc3c2oc2cccc(Nc4cccc(-c5cccc6ccccc56)c4)c23)cc1. The summed E-state index contributed by atoms with van der Waals surface area (Å²) in [5.41, 5.74) is 8.55. The highest BCUT2D eigenvalue weighted by atomic mass is 16.3. The Hall–Kier alpha value is -4.82. The second-order valence-electron chi connectivity index (χ2n) is 9.06. The molecule has 7 rings (SSSR count). The van der Waals surface area contributed by atoms with Crippen LogP contribution in [-0.2, 0) is 0 Å². The van der Waals surface area contributed by atoms with E-state index in [1.807, 2.05) is 18.2 Å². The third-order valence-electron chi connectivity index (χ3n) is 6.85. The molecule has 0 spiro atoms. The standard InChI is InChI=1S/C34H23NO/c1-2-10-24(11-3-1)29-18-8-19-30-33-31(20-9-21-32(33)36-34(29)30)35-26-15-6-14-25(22-26)28-17-7-13-23-12-4-5-16-27(23)28/h1-22,35H. The van der Waals surface area contributed by atoms with E-state index in [1.165, 1.54) is 21.9 Å². The number of hydrogen-bond acceptors (Lipinski definition) is 2. The van der Waals surface area contributed by atoms with Gasteiger partial charge < -0.3 is 9.73 Å². The maximum absolute atomic E-state index is 6.42. The molecule has 170 valence electrons. The van der Waals surface area contributed by atoms with Gasteiger partial charge in [0.1, 0.15) is 11.2 Å². The van der Waals surface area contributed by atoms with Gasteiger partial charge in [-0.3, -0.25) is 0 Å². The van der Waals surface area contributed by atoms with E-state index in [2.05, 4.69) is 121 Å². The number of fused-ring (bicyclic) bond motifs is 4. The van der Waals surface area contributed by atoms with Crippen LogP contribution in [-0.4, -0.2) is 0 Å². The van der Waals surface area contributed by atoms with Gasteiger partial charge >= 0.3 is 0 Å². The molecule has 6 aromatic carbocycles. The molecule has 0 aliphatic carbocycles. The zero-order valence-electron chi connectivity index (χ0n) is 19.6. The van der Waals surface area contributed by atoms with Crippen LogP contribution in [0.2, 0.25) is 0 Å². The van der Waals surface area contributed by atoms with Crippen molar-refractivity contribution in [2.75, 3.05) is 5.32 Å². The van der Waals surface area contributed by atoms with Crippen molar-refractivity contribution in [3.8, 4) is 22.3 Å². The first kappa shape index (κ1) is 20.5. The Labute approximate surface area is 209 Å². The van der Waals surface area contributed by atoms with Gasteiger partial charge in [-0.05, 0) is 51.7 Å². The normalized spacial score (nSPS) is 11.3. The predicted octanol–water partition coefficient (Wildman–Crippen LogP) is 9.82. The number of rotatable bonds is 4. The predicted molar refractivity (Wildman–Crippen MR) is 152 cm³/mol. The highest BCUT2D eigenvalue weighted by molar-refractivity contribution is 6.15. The molecule has 0 aliphatic heterocycles. The quantitative estimate of drug-likeness (QED) is 0.282. The highest BCUT2D eigenvalue weighted by Gasteiger charge is 2.15. The first-order valence-corrected chi connectivity index (χ1v) is 12.2. The molecule has 0 amide bonds. The van der Waals surface area contributed by atoms with E-state index < -0.39 is 0 Å². The number of hydrogen-bond donors (Lipinski definition) is 1. The van der Waals surface area contributed by atoms with Crippen molar-refractivity contribution in [1.29, 1.82) is 0 Å². The summed E-state index contributed by atoms with van der Waals surface area (Å²) in [7, 11) is 0. The number of anilines is 2. The summed E-state index contributed by atoms with van der Waals surface area (Å²) in [5, 5.41) is 8.40. The average molecular weight is 462 g/mol. The molecule has 0 aliphatic rings. The lowest BCUT2D eigenvalue weighted by atomic mass is 9.98. The van der Waals surface area contributed by atoms with Crippen molar-refractivity contribution >= 4 is 44.1 Å². The summed E-state index contributed by atoms with van der Waals surface area (Å²) in [6.45, 7) is 0. The minimum absolute atomic E-state index is 0.878. The molecule has 2 nitrogen and oxygen atoms in total. The molecule has 0 bridgehead atoms. The van der Waals surface area contributed by atoms with Crippen LogP contribution in [0, 0.1) is 0 Å². The van der Waals surface area contributed by atoms with Crippen LogP contribution in [0.25, 0.3) is 55.0 Å². The van der Waals surface area contributed by atoms with Gasteiger partial charge in [-0.25, -0.2) is 0 Å². The molecule has 0 radical (unpaired) electrons. The summed E-state index contributed by atoms with van der Waals surface area (Å²) in [4.78, 5) is 0. The van der Waals surface area contributed by atoms with Gasteiger partial charge in [0.2, 0.25) is 0 Å². The van der Waals surface area contributed by atoms with Gasteiger partial charge in [0, 0.05) is 16.6 Å². The van der Waals surface area contributed by atoms with Crippen molar-refractivity contribution in [1.82, 2.24) is 0 Å². The fourth-order valence-corrected chi connectivity index (χ4v) is 5.19. The Balaban J connectivity index is 1.34. The lowest BCUT2D eigenvalue weighted by molar-refractivity contribution is 0.670. The molecule has 1 heterocycles. The highest BCUT2D eigenvalue weighted by Crippen LogP contribution is 2.40. The van der Waals surface area contributed by atoms with Crippen LogP contribution in [0.4, 0.5) is 11.4 Å². The molecule has 0 saturated heterocycles. The Morgan fingerprint density at radius 1 is 0.500 bits per heavy atom. The number of furan rings is 1. The third kappa shape index (κ3) is 3.43. The van der Waals surface area contributed by atoms with E-state index in [4.69, 9.17) is 4.42 Å². The van der Waals surface area contributed by atoms with Crippen LogP contribution in [0.1, 0.15) is 0 Å². The minimum Gasteiger partial charge on any atom is -0.455 e. The van der Waals surface area contributed by atoms with E-state index in [9.17, 15) is 0 Å². The summed E-state index contributed by atoms with van der Waals surface area (Å²) < 4.78 is 6.42. The molecular weight excluding hydrogens is 438 g/mol. The van der Waals surface area contributed by atoms with E-state index in [0.717, 1.165) is 44.4 Å². The fourth-order valence-electron chi connectivity index (χ4n) is 5.19. The molecule has 0 saturated carbocycles. The van der Waals surface area contributed by atoms with E-state index in [1.54, 1.807) is 0 Å². The zero-order chi connectivity index (χ0) is 23.9. The second-order valence-corrected chi connectivity index (χ2v) is 9.06. The van der Waals surface area contributed by atoms with Gasteiger partial charge in [0.05, 0.1) is 11.1 Å². The van der Waals surface area contributed by atoms with Crippen LogP contribution in [0.3, 0.4) is 0 Å². The Kier molecular flexibility index (Phi) is 4.82. The summed E-state index contributed by atoms with van der Waals surface area (Å²) >= 11 is 0. The number of benzene rings is 6. The maximum atomic E-state index is 6.42. The molecule has 1 aromatic heterocycles. The fraction of sp³-hybridized carbons (Fsp3) is 0. The molecule has 0 fully saturated rings. The van der Waals surface area contributed by atoms with E-state index >= 15 is 0 Å². The van der Waals surface area contributed by atoms with Gasteiger partial charge in [0.25, 0.3) is 0 Å². The van der Waals surface area contributed by atoms with Crippen molar-refractivity contribution in [3.63, 3.8) is 0 Å². The minimum atomic E-state index is 0.878. The lowest BCUT2D eigenvalue weighted by Crippen LogP contribution is -1.91. The van der Waals surface area contributed by atoms with Gasteiger partial charge in [-0.1, -0.05) is 109 Å². The van der Waals surface area contributed by atoms with Crippen LogP contribution >= 0.6 is 0 Å². The molecule has 0 unspecified atom stereocenters. The van der Waals surface area contributed by atoms with E-state index in [-0.39, 0.29) is 0 Å². The molecule has 7 aromatic rings. The topological polar surface area (TPSA) is 25.2 Å². The Morgan fingerprint density at radius 3 is 2.14 bits per heavy atom. The monoisotopic (exact) mass is 461 g/mol. The van der Waals surface area contributed by atoms with Crippen molar-refractivity contribution in [2.45, 2.75) is 0 Å². The van der Waals surface area contributed by atoms with Gasteiger partial charge in [-0.15, -0.1) is 0 Å². The largest absolute Gasteiger partial charge is 0.455 e. The Bertz CT molecular complexity index is 1860. The lowest BCUT2D eigenvalue weighted by Gasteiger charge is -2.11. The summed E-state index contributed by atoms with van der Waals surface area (Å²) in [6, 6.07) is 46.6. The Morgan fingerprint density at radius 2 is 1.19 bits per heavy atom. The second kappa shape index (κ2) is 8.44. The van der Waals surface area contributed by atoms with Gasteiger partial charge in [-0.2, -0.15) is 0 Å². The van der Waals surface area contributed by atoms with Crippen molar-refractivity contribution < 1.29 is 4.42 Å². The van der Waals surface area contributed by atoms with Crippen LogP contribution < -0.4 is 5.32 Å². The zero-order valence-corrected chi connectivity index (χ0v) is 19.6. The van der Waals surface area contributed by atoms with Crippen LogP contribution in [0.15, 0.2) is 138 Å². The van der Waals surface area contributed by atoms with Crippen molar-refractivity contribution in [2.24, 2.45) is 0 Å². The number of nitrogens with one attached hydrogen (secondary N) is 1. The van der Waals surface area contributed by atoms with Gasteiger partial charge in [0.15, 0.2) is 0 Å². The smallest absolute Gasteiger partial charge is 0.143 e. The molecule has 2 heteroatoms. The van der Waals surface area contributed by atoms with E-state index in [0.29, 0.717) is 0 Å². The summed E-state index contributed by atoms with van der Waals surface area (Å²) in [5.74, 6) is 0. The summed E-state index contributed by atoms with van der Waals surface area (Å²) in [6.07, 6.45) is 0. The van der Waals surface area contributed by atoms with Crippen molar-refractivity contribution in [3.05, 3.63) is 133 Å². The molecule has 1 N–H and O–H groups in total.